The van der Waals surface area contributed by atoms with Crippen molar-refractivity contribution in [3.05, 3.63) is 29.8 Å². The molecule has 2 heterocycles. The Balaban J connectivity index is 1.56. The molecule has 8 nitrogen and oxygen atoms in total. The van der Waals surface area contributed by atoms with Gasteiger partial charge in [-0.25, -0.2) is 0 Å². The van der Waals surface area contributed by atoms with Crippen molar-refractivity contribution in [1.29, 1.82) is 0 Å². The largest absolute Gasteiger partial charge is 0.454 e. The number of anilines is 1. The molecule has 0 saturated carbocycles. The van der Waals surface area contributed by atoms with Crippen LogP contribution in [0.4, 0.5) is 5.69 Å². The maximum atomic E-state index is 12.2. The molecule has 0 N–H and O–H groups in total. The summed E-state index contributed by atoms with van der Waals surface area (Å²) in [6.45, 7) is 3.80. The fraction of sp³-hybridized carbons (Fsp3) is 0.444. The summed E-state index contributed by atoms with van der Waals surface area (Å²) in [5, 5.41) is 0. The smallest absolute Gasteiger partial charge is 0.326 e. The quantitative estimate of drug-likeness (QED) is 0.570. The van der Waals surface area contributed by atoms with Crippen LogP contribution in [0, 0.1) is 0 Å². The summed E-state index contributed by atoms with van der Waals surface area (Å²) in [6, 6.07) is 6.44. The molecular weight excluding hydrogens is 340 g/mol. The highest BCUT2D eigenvalue weighted by atomic mass is 16.5. The number of hydrogen-bond donors (Lipinski definition) is 0. The van der Waals surface area contributed by atoms with E-state index in [4.69, 9.17) is 9.47 Å². The van der Waals surface area contributed by atoms with Gasteiger partial charge in [-0.15, -0.1) is 0 Å². The summed E-state index contributed by atoms with van der Waals surface area (Å²) in [5.74, 6) is -2.48. The molecule has 0 aromatic heterocycles. The van der Waals surface area contributed by atoms with Gasteiger partial charge in [0, 0.05) is 13.1 Å². The number of para-hydroxylation sites is 1. The lowest BCUT2D eigenvalue weighted by Gasteiger charge is -2.35. The lowest BCUT2D eigenvalue weighted by Crippen LogP contribution is -2.49. The second-order valence-electron chi connectivity index (χ2n) is 6.45. The van der Waals surface area contributed by atoms with E-state index in [0.29, 0.717) is 18.8 Å². The zero-order valence-electron chi connectivity index (χ0n) is 14.6. The molecule has 0 radical (unpaired) electrons. The number of fused-ring (bicyclic) bond motifs is 1. The number of nitrogens with zero attached hydrogens (tertiary/aromatic N) is 2. The number of rotatable bonds is 4. The second kappa shape index (κ2) is 7.25. The van der Waals surface area contributed by atoms with E-state index in [0.717, 1.165) is 4.90 Å². The van der Waals surface area contributed by atoms with Crippen molar-refractivity contribution in [2.75, 3.05) is 31.1 Å². The van der Waals surface area contributed by atoms with Crippen LogP contribution in [0.1, 0.15) is 24.2 Å². The van der Waals surface area contributed by atoms with Crippen molar-refractivity contribution >= 4 is 29.3 Å². The molecule has 0 bridgehead atoms. The third-order valence-corrected chi connectivity index (χ3v) is 4.30. The highest BCUT2D eigenvalue weighted by Gasteiger charge is 2.37. The Bertz CT molecular complexity index is 752. The van der Waals surface area contributed by atoms with E-state index in [1.54, 1.807) is 23.1 Å². The minimum absolute atomic E-state index is 0.0804. The molecule has 0 aliphatic carbocycles. The van der Waals surface area contributed by atoms with E-state index in [9.17, 15) is 19.2 Å². The van der Waals surface area contributed by atoms with Gasteiger partial charge in [-0.2, -0.15) is 0 Å². The molecule has 3 rings (SSSR count). The van der Waals surface area contributed by atoms with E-state index >= 15 is 0 Å². The SMILES string of the molecule is C[C@H]1CN(C(=O)COC(=O)CN2C(=O)C(=O)c3ccccc32)C[C@H](C)O1. The number of ether oxygens (including phenoxy) is 2. The van der Waals surface area contributed by atoms with Crippen LogP contribution in [0.2, 0.25) is 0 Å². The average Bonchev–Trinajstić information content (AvgIpc) is 2.84. The number of benzene rings is 1. The van der Waals surface area contributed by atoms with Gasteiger partial charge in [0.1, 0.15) is 6.54 Å². The molecule has 0 unspecified atom stereocenters. The molecule has 1 aromatic rings. The first-order valence-electron chi connectivity index (χ1n) is 8.41. The molecule has 26 heavy (non-hydrogen) atoms. The van der Waals surface area contributed by atoms with Crippen LogP contribution in [0.5, 0.6) is 0 Å². The summed E-state index contributed by atoms with van der Waals surface area (Å²) < 4.78 is 10.6. The maximum absolute atomic E-state index is 12.2. The molecule has 8 heteroatoms. The van der Waals surface area contributed by atoms with Gasteiger partial charge in [-0.3, -0.25) is 24.1 Å². The minimum Gasteiger partial charge on any atom is -0.454 e. The van der Waals surface area contributed by atoms with Crippen molar-refractivity contribution in [2.45, 2.75) is 26.1 Å². The Morgan fingerprint density at radius 3 is 2.50 bits per heavy atom. The number of esters is 1. The van der Waals surface area contributed by atoms with E-state index in [2.05, 4.69) is 0 Å². The molecule has 2 aliphatic rings. The van der Waals surface area contributed by atoms with E-state index in [-0.39, 0.29) is 23.7 Å². The fourth-order valence-corrected chi connectivity index (χ4v) is 3.19. The van der Waals surface area contributed by atoms with Gasteiger partial charge < -0.3 is 14.4 Å². The van der Waals surface area contributed by atoms with E-state index in [1.165, 1.54) is 6.07 Å². The number of amides is 2. The summed E-state index contributed by atoms with van der Waals surface area (Å²) in [4.78, 5) is 50.9. The predicted molar refractivity (Wildman–Crippen MR) is 90.7 cm³/mol. The number of carbonyl (C=O) groups excluding carboxylic acids is 4. The number of Topliss-reactive ketones (excluding diaryl/α,β-unsaturated/α-hetero) is 1. The third kappa shape index (κ3) is 3.60. The first-order chi connectivity index (χ1) is 12.4. The molecule has 138 valence electrons. The number of carbonyl (C=O) groups is 4. The van der Waals surface area contributed by atoms with Gasteiger partial charge in [0.05, 0.1) is 23.5 Å². The fourth-order valence-electron chi connectivity index (χ4n) is 3.19. The minimum atomic E-state index is -0.773. The van der Waals surface area contributed by atoms with Crippen LogP contribution in [-0.2, 0) is 23.9 Å². The first-order valence-corrected chi connectivity index (χ1v) is 8.41. The highest BCUT2D eigenvalue weighted by molar-refractivity contribution is 6.52. The van der Waals surface area contributed by atoms with Crippen LogP contribution in [0.3, 0.4) is 0 Å². The summed E-state index contributed by atoms with van der Waals surface area (Å²) >= 11 is 0. The van der Waals surface area contributed by atoms with Crippen LogP contribution >= 0.6 is 0 Å². The van der Waals surface area contributed by atoms with Gasteiger partial charge in [0.25, 0.3) is 17.6 Å². The maximum Gasteiger partial charge on any atom is 0.326 e. The molecule has 2 atom stereocenters. The van der Waals surface area contributed by atoms with Crippen molar-refractivity contribution in [1.82, 2.24) is 4.90 Å². The van der Waals surface area contributed by atoms with Crippen molar-refractivity contribution < 1.29 is 28.7 Å². The van der Waals surface area contributed by atoms with Gasteiger partial charge in [-0.05, 0) is 26.0 Å². The first kappa shape index (κ1) is 18.1. The van der Waals surface area contributed by atoms with Gasteiger partial charge >= 0.3 is 5.97 Å². The van der Waals surface area contributed by atoms with Crippen LogP contribution < -0.4 is 4.90 Å². The van der Waals surface area contributed by atoms with Gasteiger partial charge in [-0.1, -0.05) is 12.1 Å². The molecule has 1 fully saturated rings. The standard InChI is InChI=1S/C18H20N2O6/c1-11-7-19(8-12(2)26-11)15(21)10-25-16(22)9-20-14-6-4-3-5-13(14)17(23)18(20)24/h3-6,11-12H,7-10H2,1-2H3/t11-,12-/m0/s1. The topological polar surface area (TPSA) is 93.2 Å². The Morgan fingerprint density at radius 1 is 1.15 bits per heavy atom. The zero-order chi connectivity index (χ0) is 18.8. The monoisotopic (exact) mass is 360 g/mol. The predicted octanol–water partition coefficient (Wildman–Crippen LogP) is 0.395. The Kier molecular flexibility index (Phi) is 5.03. The molecule has 1 aromatic carbocycles. The van der Waals surface area contributed by atoms with Crippen LogP contribution in [-0.4, -0.2) is 66.9 Å². The number of hydrogen-bond acceptors (Lipinski definition) is 6. The normalized spacial score (nSPS) is 22.4. The van der Waals surface area contributed by atoms with Crippen molar-refractivity contribution in [3.8, 4) is 0 Å². The average molecular weight is 360 g/mol. The molecule has 0 spiro atoms. The number of morpholine rings is 1. The van der Waals surface area contributed by atoms with Crippen LogP contribution in [0.15, 0.2) is 24.3 Å². The molecular formula is C18H20N2O6. The number of ketones is 1. The second-order valence-corrected chi connectivity index (χ2v) is 6.45. The lowest BCUT2D eigenvalue weighted by atomic mass is 10.1. The molecule has 2 amide bonds. The Hall–Kier alpha value is -2.74. The van der Waals surface area contributed by atoms with Gasteiger partial charge in [0.15, 0.2) is 6.61 Å². The van der Waals surface area contributed by atoms with Crippen molar-refractivity contribution in [3.63, 3.8) is 0 Å². The van der Waals surface area contributed by atoms with Crippen LogP contribution in [0.25, 0.3) is 0 Å². The Morgan fingerprint density at radius 2 is 1.81 bits per heavy atom. The van der Waals surface area contributed by atoms with E-state index in [1.807, 2.05) is 13.8 Å². The Labute approximate surface area is 150 Å². The molecule has 1 saturated heterocycles. The highest BCUT2D eigenvalue weighted by Crippen LogP contribution is 2.28. The van der Waals surface area contributed by atoms with E-state index < -0.39 is 30.8 Å². The van der Waals surface area contributed by atoms with Gasteiger partial charge in [0.2, 0.25) is 0 Å². The summed E-state index contributed by atoms with van der Waals surface area (Å²) in [7, 11) is 0. The lowest BCUT2D eigenvalue weighted by molar-refractivity contribution is -0.156. The summed E-state index contributed by atoms with van der Waals surface area (Å²) in [5.41, 5.74) is 0.638. The molecule has 2 aliphatic heterocycles. The third-order valence-electron chi connectivity index (χ3n) is 4.30. The summed E-state index contributed by atoms with van der Waals surface area (Å²) in [6.07, 6.45) is -0.161. The van der Waals surface area contributed by atoms with Crippen molar-refractivity contribution in [2.24, 2.45) is 0 Å². The zero-order valence-corrected chi connectivity index (χ0v) is 14.6.